The first-order chi connectivity index (χ1) is 10.2. The second-order valence-corrected chi connectivity index (χ2v) is 4.50. The molecular formula is C16H12F2N2O. The van der Waals surface area contributed by atoms with Crippen LogP contribution in [-0.2, 0) is 0 Å². The highest BCUT2D eigenvalue weighted by Crippen LogP contribution is 2.28. The van der Waals surface area contributed by atoms with Crippen LogP contribution in [0.1, 0.15) is 0 Å². The summed E-state index contributed by atoms with van der Waals surface area (Å²) in [5, 5.41) is 3.52. The molecule has 1 N–H and O–H groups in total. The van der Waals surface area contributed by atoms with Crippen LogP contribution >= 0.6 is 0 Å². The molecule has 0 amide bonds. The summed E-state index contributed by atoms with van der Waals surface area (Å²) in [5.41, 5.74) is 1.51. The minimum Gasteiger partial charge on any atom is -0.497 e. The Labute approximate surface area is 120 Å². The molecule has 0 saturated carbocycles. The lowest BCUT2D eigenvalue weighted by atomic mass is 10.1. The molecule has 0 spiro atoms. The molecule has 0 unspecified atom stereocenters. The van der Waals surface area contributed by atoms with Crippen LogP contribution in [0.25, 0.3) is 10.9 Å². The van der Waals surface area contributed by atoms with E-state index in [0.29, 0.717) is 11.1 Å². The van der Waals surface area contributed by atoms with Crippen molar-refractivity contribution in [2.75, 3.05) is 12.4 Å². The summed E-state index contributed by atoms with van der Waals surface area (Å²) in [4.78, 5) is 3.95. The normalized spacial score (nSPS) is 10.6. The molecule has 106 valence electrons. The second-order valence-electron chi connectivity index (χ2n) is 4.50. The van der Waals surface area contributed by atoms with Gasteiger partial charge in [-0.2, -0.15) is 0 Å². The number of aromatic nitrogens is 1. The molecule has 1 heterocycles. The fourth-order valence-corrected chi connectivity index (χ4v) is 2.12. The van der Waals surface area contributed by atoms with Crippen molar-refractivity contribution in [2.45, 2.75) is 0 Å². The van der Waals surface area contributed by atoms with Crippen LogP contribution in [0.4, 0.5) is 20.2 Å². The number of fused-ring (bicyclic) bond motifs is 1. The third kappa shape index (κ3) is 2.63. The van der Waals surface area contributed by atoms with Gasteiger partial charge in [0.25, 0.3) is 0 Å². The number of benzene rings is 2. The van der Waals surface area contributed by atoms with Crippen molar-refractivity contribution >= 4 is 22.3 Å². The molecule has 5 heteroatoms. The van der Waals surface area contributed by atoms with Crippen LogP contribution in [0.15, 0.2) is 48.7 Å². The number of nitrogens with one attached hydrogen (secondary N) is 1. The van der Waals surface area contributed by atoms with E-state index in [4.69, 9.17) is 4.74 Å². The van der Waals surface area contributed by atoms with Crippen LogP contribution in [0.3, 0.4) is 0 Å². The summed E-state index contributed by atoms with van der Waals surface area (Å²) < 4.78 is 32.2. The van der Waals surface area contributed by atoms with Gasteiger partial charge >= 0.3 is 0 Å². The molecule has 3 aromatic rings. The van der Waals surface area contributed by atoms with Crippen molar-refractivity contribution in [3.05, 3.63) is 60.3 Å². The van der Waals surface area contributed by atoms with E-state index in [9.17, 15) is 8.78 Å². The first-order valence-corrected chi connectivity index (χ1v) is 6.32. The largest absolute Gasteiger partial charge is 0.497 e. The Kier molecular flexibility index (Phi) is 3.39. The predicted molar refractivity (Wildman–Crippen MR) is 77.9 cm³/mol. The fourth-order valence-electron chi connectivity index (χ4n) is 2.12. The van der Waals surface area contributed by atoms with Crippen LogP contribution in [0.2, 0.25) is 0 Å². The van der Waals surface area contributed by atoms with Gasteiger partial charge in [0.2, 0.25) is 0 Å². The Morgan fingerprint density at radius 3 is 2.52 bits per heavy atom. The smallest absolute Gasteiger partial charge is 0.152 e. The Hall–Kier alpha value is -2.69. The summed E-state index contributed by atoms with van der Waals surface area (Å²) in [5.74, 6) is -0.577. The van der Waals surface area contributed by atoms with Gasteiger partial charge < -0.3 is 10.1 Å². The Morgan fingerprint density at radius 1 is 1.05 bits per heavy atom. The number of rotatable bonds is 3. The highest BCUT2D eigenvalue weighted by Gasteiger charge is 2.09. The number of ether oxygens (including phenoxy) is 1. The number of hydrogen-bond acceptors (Lipinski definition) is 3. The van der Waals surface area contributed by atoms with Crippen LogP contribution in [-0.4, -0.2) is 12.1 Å². The van der Waals surface area contributed by atoms with Crippen molar-refractivity contribution in [2.24, 2.45) is 0 Å². The molecule has 2 aromatic carbocycles. The van der Waals surface area contributed by atoms with Gasteiger partial charge in [0.15, 0.2) is 5.82 Å². The molecule has 0 saturated heterocycles. The molecule has 0 radical (unpaired) electrons. The third-order valence-corrected chi connectivity index (χ3v) is 3.13. The van der Waals surface area contributed by atoms with Crippen molar-refractivity contribution in [3.8, 4) is 5.75 Å². The molecule has 0 aliphatic heterocycles. The minimum absolute atomic E-state index is 0.134. The molecular weight excluding hydrogens is 274 g/mol. The van der Waals surface area contributed by atoms with E-state index < -0.39 is 11.6 Å². The van der Waals surface area contributed by atoms with Gasteiger partial charge in [-0.3, -0.25) is 4.98 Å². The first kappa shape index (κ1) is 13.3. The van der Waals surface area contributed by atoms with E-state index >= 15 is 0 Å². The van der Waals surface area contributed by atoms with Crippen molar-refractivity contribution in [3.63, 3.8) is 0 Å². The summed E-state index contributed by atoms with van der Waals surface area (Å²) >= 11 is 0. The second kappa shape index (κ2) is 5.36. The number of methoxy groups -OCH3 is 1. The van der Waals surface area contributed by atoms with Crippen LogP contribution in [0.5, 0.6) is 5.75 Å². The summed E-state index contributed by atoms with van der Waals surface area (Å²) in [7, 11) is 1.59. The SMILES string of the molecule is COc1ccc(Nc2ccnc3c(F)cc(F)cc23)cc1. The Bertz CT molecular complexity index is 788. The molecule has 0 aliphatic rings. The zero-order valence-corrected chi connectivity index (χ0v) is 11.2. The highest BCUT2D eigenvalue weighted by molar-refractivity contribution is 5.93. The lowest BCUT2D eigenvalue weighted by Crippen LogP contribution is -1.95. The molecule has 0 fully saturated rings. The molecule has 1 aromatic heterocycles. The topological polar surface area (TPSA) is 34.1 Å². The van der Waals surface area contributed by atoms with E-state index in [1.165, 1.54) is 12.3 Å². The molecule has 3 nitrogen and oxygen atoms in total. The monoisotopic (exact) mass is 286 g/mol. The predicted octanol–water partition coefficient (Wildman–Crippen LogP) is 4.27. The Balaban J connectivity index is 2.03. The number of nitrogens with zero attached hydrogens (tertiary/aromatic N) is 1. The van der Waals surface area contributed by atoms with Gasteiger partial charge in [-0.15, -0.1) is 0 Å². The molecule has 21 heavy (non-hydrogen) atoms. The van der Waals surface area contributed by atoms with Gasteiger partial charge in [0.05, 0.1) is 7.11 Å². The van der Waals surface area contributed by atoms with Crippen molar-refractivity contribution < 1.29 is 13.5 Å². The number of halogens is 2. The summed E-state index contributed by atoms with van der Waals surface area (Å²) in [6.07, 6.45) is 1.48. The molecule has 0 bridgehead atoms. The maximum absolute atomic E-state index is 13.7. The van der Waals surface area contributed by atoms with Gasteiger partial charge in [0.1, 0.15) is 17.1 Å². The quantitative estimate of drug-likeness (QED) is 0.781. The first-order valence-electron chi connectivity index (χ1n) is 6.32. The summed E-state index contributed by atoms with van der Waals surface area (Å²) in [6.45, 7) is 0. The van der Waals surface area contributed by atoms with Gasteiger partial charge in [-0.25, -0.2) is 8.78 Å². The van der Waals surface area contributed by atoms with Gasteiger partial charge in [-0.1, -0.05) is 0 Å². The van der Waals surface area contributed by atoms with Crippen molar-refractivity contribution in [1.82, 2.24) is 4.98 Å². The van der Waals surface area contributed by atoms with Crippen molar-refractivity contribution in [1.29, 1.82) is 0 Å². The highest BCUT2D eigenvalue weighted by atomic mass is 19.1. The van der Waals surface area contributed by atoms with Crippen LogP contribution in [0, 0.1) is 11.6 Å². The average molecular weight is 286 g/mol. The number of anilines is 2. The third-order valence-electron chi connectivity index (χ3n) is 3.13. The lowest BCUT2D eigenvalue weighted by molar-refractivity contribution is 0.415. The molecule has 3 rings (SSSR count). The van der Waals surface area contributed by atoms with E-state index in [1.54, 1.807) is 25.3 Å². The van der Waals surface area contributed by atoms with E-state index in [2.05, 4.69) is 10.3 Å². The van der Waals surface area contributed by atoms with E-state index in [1.807, 2.05) is 12.1 Å². The molecule has 0 aliphatic carbocycles. The van der Waals surface area contributed by atoms with E-state index in [-0.39, 0.29) is 5.52 Å². The summed E-state index contributed by atoms with van der Waals surface area (Å²) in [6, 6.07) is 11.0. The van der Waals surface area contributed by atoms with Gasteiger partial charge in [-0.05, 0) is 36.4 Å². The average Bonchev–Trinajstić information content (AvgIpc) is 2.49. The number of hydrogen-bond donors (Lipinski definition) is 1. The zero-order valence-electron chi connectivity index (χ0n) is 11.2. The zero-order chi connectivity index (χ0) is 14.8. The minimum atomic E-state index is -0.677. The maximum Gasteiger partial charge on any atom is 0.152 e. The lowest BCUT2D eigenvalue weighted by Gasteiger charge is -2.10. The fraction of sp³-hybridized carbons (Fsp3) is 0.0625. The number of pyridine rings is 1. The van der Waals surface area contributed by atoms with Gasteiger partial charge in [0, 0.05) is 29.0 Å². The Morgan fingerprint density at radius 2 is 1.81 bits per heavy atom. The molecule has 0 atom stereocenters. The van der Waals surface area contributed by atoms with E-state index in [0.717, 1.165) is 17.5 Å². The standard InChI is InChI=1S/C16H12F2N2O/c1-21-12-4-2-11(3-5-12)20-15-6-7-19-16-13(15)8-10(17)9-14(16)18/h2-9H,1H3,(H,19,20). The van der Waals surface area contributed by atoms with Crippen LogP contribution < -0.4 is 10.1 Å². The maximum atomic E-state index is 13.7.